The summed E-state index contributed by atoms with van der Waals surface area (Å²) in [5, 5.41) is 14.4. The van der Waals surface area contributed by atoms with Gasteiger partial charge in [0.1, 0.15) is 5.84 Å². The number of halogens is 1. The molecule has 0 aliphatic heterocycles. The van der Waals surface area contributed by atoms with Crippen molar-refractivity contribution in [1.29, 1.82) is 0 Å². The van der Waals surface area contributed by atoms with E-state index in [2.05, 4.69) is 32.5 Å². The van der Waals surface area contributed by atoms with Crippen LogP contribution in [0.2, 0.25) is 0 Å². The summed E-state index contributed by atoms with van der Waals surface area (Å²) in [6.07, 6.45) is 0.546. The first-order valence-electron chi connectivity index (χ1n) is 4.64. The average molecular weight is 272 g/mol. The zero-order chi connectivity index (χ0) is 11.1. The summed E-state index contributed by atoms with van der Waals surface area (Å²) in [4.78, 5) is 0. The number of hydrogen-bond acceptors (Lipinski definition) is 3. The first-order valence-corrected chi connectivity index (χ1v) is 5.43. The van der Waals surface area contributed by atoms with Gasteiger partial charge in [-0.2, -0.15) is 0 Å². The van der Waals surface area contributed by atoms with Gasteiger partial charge in [0, 0.05) is 24.0 Å². The number of amidine groups is 1. The standard InChI is InChI=1S/C10H14BrN3O/c11-9-3-1-2-8(6-9)7-13-5-4-10(12)14-15/h1-3,6,13,15H,4-5,7H2,(H2,12,14). The Morgan fingerprint density at radius 1 is 1.53 bits per heavy atom. The lowest BCUT2D eigenvalue weighted by Gasteiger charge is -2.04. The third kappa shape index (κ3) is 4.80. The molecule has 15 heavy (non-hydrogen) atoms. The Morgan fingerprint density at radius 3 is 3.00 bits per heavy atom. The summed E-state index contributed by atoms with van der Waals surface area (Å²) < 4.78 is 1.07. The number of oxime groups is 1. The second-order valence-corrected chi connectivity index (χ2v) is 4.06. The van der Waals surface area contributed by atoms with Crippen LogP contribution in [-0.2, 0) is 6.54 Å². The van der Waals surface area contributed by atoms with Crippen LogP contribution in [0.4, 0.5) is 0 Å². The van der Waals surface area contributed by atoms with E-state index in [0.717, 1.165) is 11.0 Å². The quantitative estimate of drug-likeness (QED) is 0.251. The summed E-state index contributed by atoms with van der Waals surface area (Å²) >= 11 is 3.41. The minimum Gasteiger partial charge on any atom is -0.409 e. The molecule has 0 heterocycles. The van der Waals surface area contributed by atoms with Crippen molar-refractivity contribution in [3.05, 3.63) is 34.3 Å². The van der Waals surface area contributed by atoms with Crippen molar-refractivity contribution in [3.8, 4) is 0 Å². The third-order valence-electron chi connectivity index (χ3n) is 1.90. The van der Waals surface area contributed by atoms with Gasteiger partial charge in [0.15, 0.2) is 0 Å². The van der Waals surface area contributed by atoms with E-state index in [0.29, 0.717) is 13.0 Å². The molecule has 4 N–H and O–H groups in total. The zero-order valence-electron chi connectivity index (χ0n) is 8.28. The smallest absolute Gasteiger partial charge is 0.140 e. The largest absolute Gasteiger partial charge is 0.409 e. The SMILES string of the molecule is NC(CCNCc1cccc(Br)c1)=NO. The van der Waals surface area contributed by atoms with Crippen molar-refractivity contribution in [2.75, 3.05) is 6.54 Å². The van der Waals surface area contributed by atoms with Crippen molar-refractivity contribution >= 4 is 21.8 Å². The van der Waals surface area contributed by atoms with Gasteiger partial charge in [-0.25, -0.2) is 0 Å². The first kappa shape index (κ1) is 12.0. The van der Waals surface area contributed by atoms with Crippen LogP contribution in [0.3, 0.4) is 0 Å². The summed E-state index contributed by atoms with van der Waals surface area (Å²) in [6.45, 7) is 1.47. The minimum atomic E-state index is 0.247. The van der Waals surface area contributed by atoms with Crippen LogP contribution >= 0.6 is 15.9 Å². The highest BCUT2D eigenvalue weighted by atomic mass is 79.9. The molecule has 0 saturated heterocycles. The molecule has 0 radical (unpaired) electrons. The van der Waals surface area contributed by atoms with E-state index in [4.69, 9.17) is 10.9 Å². The monoisotopic (exact) mass is 271 g/mol. The molecule has 0 aromatic heterocycles. The van der Waals surface area contributed by atoms with Crippen LogP contribution in [0.25, 0.3) is 0 Å². The van der Waals surface area contributed by atoms with Gasteiger partial charge in [0.05, 0.1) is 0 Å². The highest BCUT2D eigenvalue weighted by Gasteiger charge is 1.95. The molecule has 0 amide bonds. The topological polar surface area (TPSA) is 70.6 Å². The summed E-state index contributed by atoms with van der Waals surface area (Å²) in [7, 11) is 0. The van der Waals surface area contributed by atoms with Crippen molar-refractivity contribution < 1.29 is 5.21 Å². The molecule has 0 aliphatic rings. The van der Waals surface area contributed by atoms with Gasteiger partial charge < -0.3 is 16.3 Å². The van der Waals surface area contributed by atoms with Crippen LogP contribution < -0.4 is 11.1 Å². The maximum absolute atomic E-state index is 8.32. The van der Waals surface area contributed by atoms with Gasteiger partial charge in [-0.05, 0) is 17.7 Å². The molecular weight excluding hydrogens is 258 g/mol. The molecule has 0 spiro atoms. The molecule has 1 rings (SSSR count). The third-order valence-corrected chi connectivity index (χ3v) is 2.40. The van der Waals surface area contributed by atoms with E-state index >= 15 is 0 Å². The Hall–Kier alpha value is -1.07. The van der Waals surface area contributed by atoms with Gasteiger partial charge >= 0.3 is 0 Å². The molecule has 0 saturated carbocycles. The van der Waals surface area contributed by atoms with Gasteiger partial charge in [-0.1, -0.05) is 33.2 Å². The van der Waals surface area contributed by atoms with E-state index < -0.39 is 0 Å². The summed E-state index contributed by atoms with van der Waals surface area (Å²) in [5.41, 5.74) is 6.53. The van der Waals surface area contributed by atoms with Crippen LogP contribution in [0, 0.1) is 0 Å². The molecule has 0 bridgehead atoms. The fraction of sp³-hybridized carbons (Fsp3) is 0.300. The molecule has 0 aliphatic carbocycles. The second-order valence-electron chi connectivity index (χ2n) is 3.15. The van der Waals surface area contributed by atoms with Crippen molar-refractivity contribution in [1.82, 2.24) is 5.32 Å². The Morgan fingerprint density at radius 2 is 2.33 bits per heavy atom. The lowest BCUT2D eigenvalue weighted by molar-refractivity contribution is 0.316. The van der Waals surface area contributed by atoms with Gasteiger partial charge in [0.2, 0.25) is 0 Å². The molecule has 0 unspecified atom stereocenters. The van der Waals surface area contributed by atoms with Gasteiger partial charge in [0.25, 0.3) is 0 Å². The molecule has 0 fully saturated rings. The predicted octanol–water partition coefficient (Wildman–Crippen LogP) is 1.68. The van der Waals surface area contributed by atoms with E-state index in [1.807, 2.05) is 18.2 Å². The molecule has 5 heteroatoms. The van der Waals surface area contributed by atoms with Crippen LogP contribution in [0.5, 0.6) is 0 Å². The number of rotatable bonds is 5. The summed E-state index contributed by atoms with van der Waals surface area (Å²) in [5.74, 6) is 0.247. The Bertz CT molecular complexity index is 341. The number of nitrogens with zero attached hydrogens (tertiary/aromatic N) is 1. The van der Waals surface area contributed by atoms with Crippen molar-refractivity contribution in [2.24, 2.45) is 10.9 Å². The predicted molar refractivity (Wildman–Crippen MR) is 63.9 cm³/mol. The summed E-state index contributed by atoms with van der Waals surface area (Å²) in [6, 6.07) is 8.07. The number of nitrogens with two attached hydrogens (primary N) is 1. The lowest BCUT2D eigenvalue weighted by atomic mass is 10.2. The Balaban J connectivity index is 2.26. The Labute approximate surface area is 97.3 Å². The average Bonchev–Trinajstić information content (AvgIpc) is 2.24. The van der Waals surface area contributed by atoms with E-state index in [1.54, 1.807) is 0 Å². The van der Waals surface area contributed by atoms with E-state index in [-0.39, 0.29) is 5.84 Å². The van der Waals surface area contributed by atoms with Crippen molar-refractivity contribution in [3.63, 3.8) is 0 Å². The maximum Gasteiger partial charge on any atom is 0.140 e. The molecule has 1 aromatic rings. The van der Waals surface area contributed by atoms with Crippen molar-refractivity contribution in [2.45, 2.75) is 13.0 Å². The highest BCUT2D eigenvalue weighted by molar-refractivity contribution is 9.10. The fourth-order valence-electron chi connectivity index (χ4n) is 1.15. The Kier molecular flexibility index (Phi) is 5.14. The maximum atomic E-state index is 8.32. The van der Waals surface area contributed by atoms with Crippen LogP contribution in [-0.4, -0.2) is 17.6 Å². The van der Waals surface area contributed by atoms with Crippen LogP contribution in [0.15, 0.2) is 33.9 Å². The molecule has 1 aromatic carbocycles. The lowest BCUT2D eigenvalue weighted by Crippen LogP contribution is -2.21. The highest BCUT2D eigenvalue weighted by Crippen LogP contribution is 2.11. The normalized spacial score (nSPS) is 11.7. The van der Waals surface area contributed by atoms with E-state index in [9.17, 15) is 0 Å². The van der Waals surface area contributed by atoms with Gasteiger partial charge in [-0.15, -0.1) is 0 Å². The number of hydrogen-bond donors (Lipinski definition) is 3. The van der Waals surface area contributed by atoms with Gasteiger partial charge in [-0.3, -0.25) is 0 Å². The fourth-order valence-corrected chi connectivity index (χ4v) is 1.59. The second kappa shape index (κ2) is 6.42. The number of nitrogens with one attached hydrogen (secondary N) is 1. The molecular formula is C10H14BrN3O. The molecule has 82 valence electrons. The van der Waals surface area contributed by atoms with E-state index in [1.165, 1.54) is 5.56 Å². The van der Waals surface area contributed by atoms with Crippen LogP contribution in [0.1, 0.15) is 12.0 Å². The molecule has 0 atom stereocenters. The molecule has 4 nitrogen and oxygen atoms in total. The zero-order valence-corrected chi connectivity index (χ0v) is 9.87. The first-order chi connectivity index (χ1) is 7.22. The number of benzene rings is 1. The minimum absolute atomic E-state index is 0.247.